The summed E-state index contributed by atoms with van der Waals surface area (Å²) < 4.78 is 10.8. The molecule has 3 rings (SSSR count). The molecule has 0 fully saturated rings. The zero-order chi connectivity index (χ0) is 19.4. The third-order valence-electron chi connectivity index (χ3n) is 4.68. The molecule has 0 aromatic heterocycles. The predicted molar refractivity (Wildman–Crippen MR) is 108 cm³/mol. The van der Waals surface area contributed by atoms with Gasteiger partial charge in [0.05, 0.1) is 12.7 Å². The van der Waals surface area contributed by atoms with Gasteiger partial charge in [-0.05, 0) is 78.4 Å². The van der Waals surface area contributed by atoms with Gasteiger partial charge in [0.1, 0.15) is 12.4 Å². The molecule has 0 saturated carbocycles. The first-order valence-corrected chi connectivity index (χ1v) is 8.97. The van der Waals surface area contributed by atoms with Crippen LogP contribution in [0.1, 0.15) is 32.6 Å². The van der Waals surface area contributed by atoms with Crippen LogP contribution in [-0.4, -0.2) is 13.1 Å². The fourth-order valence-corrected chi connectivity index (χ4v) is 3.31. The molecule has 138 valence electrons. The van der Waals surface area contributed by atoms with Crippen molar-refractivity contribution in [3.05, 3.63) is 88.5 Å². The molecule has 0 amide bonds. The lowest BCUT2D eigenvalue weighted by molar-refractivity contribution is 0.0601. The van der Waals surface area contributed by atoms with Crippen LogP contribution in [0, 0.1) is 20.8 Å². The molecule has 3 nitrogen and oxygen atoms in total. The van der Waals surface area contributed by atoms with Gasteiger partial charge in [0.25, 0.3) is 0 Å². The molecular formula is C24H24O3. The van der Waals surface area contributed by atoms with E-state index in [1.54, 1.807) is 6.07 Å². The lowest BCUT2D eigenvalue weighted by atomic mass is 9.91. The molecule has 0 aliphatic rings. The number of methoxy groups -OCH3 is 1. The summed E-state index contributed by atoms with van der Waals surface area (Å²) >= 11 is 0. The number of aryl methyl sites for hydroxylation is 3. The average Bonchev–Trinajstić information content (AvgIpc) is 2.67. The van der Waals surface area contributed by atoms with E-state index in [-0.39, 0.29) is 5.97 Å². The smallest absolute Gasteiger partial charge is 0.337 e. The molecule has 3 aromatic rings. The summed E-state index contributed by atoms with van der Waals surface area (Å²) in [5, 5.41) is 0. The molecule has 0 N–H and O–H groups in total. The van der Waals surface area contributed by atoms with Crippen molar-refractivity contribution in [1.82, 2.24) is 0 Å². The van der Waals surface area contributed by atoms with Gasteiger partial charge in [-0.25, -0.2) is 4.79 Å². The molecule has 0 radical (unpaired) electrons. The van der Waals surface area contributed by atoms with Crippen molar-refractivity contribution >= 4 is 5.97 Å². The number of ether oxygens (including phenoxy) is 2. The van der Waals surface area contributed by atoms with Gasteiger partial charge in [-0.15, -0.1) is 0 Å². The second-order valence-corrected chi connectivity index (χ2v) is 6.73. The highest BCUT2D eigenvalue weighted by Gasteiger charge is 2.14. The van der Waals surface area contributed by atoms with Crippen molar-refractivity contribution in [1.29, 1.82) is 0 Å². The third-order valence-corrected chi connectivity index (χ3v) is 4.68. The topological polar surface area (TPSA) is 35.5 Å². The van der Waals surface area contributed by atoms with Crippen LogP contribution < -0.4 is 4.74 Å². The molecule has 0 spiro atoms. The Hall–Kier alpha value is -3.07. The number of carbonyl (C=O) groups is 1. The second-order valence-electron chi connectivity index (χ2n) is 6.73. The fraction of sp³-hybridized carbons (Fsp3) is 0.208. The standard InChI is InChI=1S/C24H24O3/c1-16-10-11-20(24(25)26-4)14-22(16)23-17(2)12-21(13-18(23)3)27-15-19-8-6-5-7-9-19/h5-14H,15H2,1-4H3. The lowest BCUT2D eigenvalue weighted by Crippen LogP contribution is -2.03. The van der Waals surface area contributed by atoms with E-state index in [2.05, 4.69) is 45.0 Å². The van der Waals surface area contributed by atoms with Crippen molar-refractivity contribution in [2.45, 2.75) is 27.4 Å². The van der Waals surface area contributed by atoms with Crippen molar-refractivity contribution in [3.8, 4) is 16.9 Å². The van der Waals surface area contributed by atoms with Crippen LogP contribution in [0.15, 0.2) is 60.7 Å². The van der Waals surface area contributed by atoms with Gasteiger partial charge in [0, 0.05) is 0 Å². The van der Waals surface area contributed by atoms with Crippen LogP contribution in [-0.2, 0) is 11.3 Å². The molecular weight excluding hydrogens is 336 g/mol. The van der Waals surface area contributed by atoms with Gasteiger partial charge in [-0.2, -0.15) is 0 Å². The van der Waals surface area contributed by atoms with Crippen LogP contribution in [0.2, 0.25) is 0 Å². The Labute approximate surface area is 160 Å². The Morgan fingerprint density at radius 2 is 1.52 bits per heavy atom. The Bertz CT molecular complexity index is 936. The summed E-state index contributed by atoms with van der Waals surface area (Å²) in [7, 11) is 1.40. The number of benzene rings is 3. The first kappa shape index (κ1) is 18.7. The Morgan fingerprint density at radius 1 is 0.852 bits per heavy atom. The molecule has 27 heavy (non-hydrogen) atoms. The highest BCUT2D eigenvalue weighted by molar-refractivity contribution is 5.92. The maximum atomic E-state index is 11.9. The molecule has 0 bridgehead atoms. The normalized spacial score (nSPS) is 10.5. The molecule has 3 aromatic carbocycles. The Kier molecular flexibility index (Phi) is 5.60. The van der Waals surface area contributed by atoms with E-state index in [9.17, 15) is 4.79 Å². The first-order chi connectivity index (χ1) is 13.0. The molecule has 0 atom stereocenters. The molecule has 0 unspecified atom stereocenters. The molecule has 3 heteroatoms. The van der Waals surface area contributed by atoms with Gasteiger partial charge < -0.3 is 9.47 Å². The first-order valence-electron chi connectivity index (χ1n) is 8.97. The van der Waals surface area contributed by atoms with Gasteiger partial charge in [-0.3, -0.25) is 0 Å². The van der Waals surface area contributed by atoms with Crippen molar-refractivity contribution in [2.75, 3.05) is 7.11 Å². The van der Waals surface area contributed by atoms with Crippen LogP contribution in [0.5, 0.6) is 5.75 Å². The van der Waals surface area contributed by atoms with Gasteiger partial charge >= 0.3 is 5.97 Å². The van der Waals surface area contributed by atoms with E-state index < -0.39 is 0 Å². The summed E-state index contributed by atoms with van der Waals surface area (Å²) in [5.74, 6) is 0.522. The summed E-state index contributed by atoms with van der Waals surface area (Å²) in [4.78, 5) is 11.9. The number of esters is 1. The van der Waals surface area contributed by atoms with E-state index >= 15 is 0 Å². The number of carbonyl (C=O) groups excluding carboxylic acids is 1. The molecule has 0 saturated heterocycles. The maximum Gasteiger partial charge on any atom is 0.337 e. The second kappa shape index (κ2) is 8.09. The summed E-state index contributed by atoms with van der Waals surface area (Å²) in [6, 6.07) is 19.9. The largest absolute Gasteiger partial charge is 0.489 e. The number of hydrogen-bond donors (Lipinski definition) is 0. The zero-order valence-corrected chi connectivity index (χ0v) is 16.2. The quantitative estimate of drug-likeness (QED) is 0.552. The molecule has 0 aliphatic heterocycles. The fourth-order valence-electron chi connectivity index (χ4n) is 3.31. The Morgan fingerprint density at radius 3 is 2.15 bits per heavy atom. The van der Waals surface area contributed by atoms with Crippen molar-refractivity contribution < 1.29 is 14.3 Å². The zero-order valence-electron chi connectivity index (χ0n) is 16.2. The SMILES string of the molecule is COC(=O)c1ccc(C)c(-c2c(C)cc(OCc3ccccc3)cc2C)c1. The summed E-state index contributed by atoms with van der Waals surface area (Å²) in [6.45, 7) is 6.73. The maximum absolute atomic E-state index is 11.9. The molecule has 0 aliphatic carbocycles. The molecule has 0 heterocycles. The van der Waals surface area contributed by atoms with Crippen LogP contribution >= 0.6 is 0 Å². The van der Waals surface area contributed by atoms with E-state index in [0.717, 1.165) is 39.1 Å². The number of hydrogen-bond acceptors (Lipinski definition) is 3. The Balaban J connectivity index is 1.92. The van der Waals surface area contributed by atoms with Gasteiger partial charge in [0.2, 0.25) is 0 Å². The highest BCUT2D eigenvalue weighted by Crippen LogP contribution is 2.34. The van der Waals surface area contributed by atoms with Crippen LogP contribution in [0.25, 0.3) is 11.1 Å². The number of rotatable bonds is 5. The van der Waals surface area contributed by atoms with E-state index in [1.165, 1.54) is 7.11 Å². The predicted octanol–water partition coefficient (Wildman–Crippen LogP) is 5.64. The van der Waals surface area contributed by atoms with Gasteiger partial charge in [0.15, 0.2) is 0 Å². The highest BCUT2D eigenvalue weighted by atomic mass is 16.5. The van der Waals surface area contributed by atoms with E-state index in [0.29, 0.717) is 12.2 Å². The van der Waals surface area contributed by atoms with Crippen molar-refractivity contribution in [3.63, 3.8) is 0 Å². The minimum absolute atomic E-state index is 0.325. The summed E-state index contributed by atoms with van der Waals surface area (Å²) in [6.07, 6.45) is 0. The minimum Gasteiger partial charge on any atom is -0.489 e. The minimum atomic E-state index is -0.325. The summed E-state index contributed by atoms with van der Waals surface area (Å²) in [5.41, 5.74) is 7.21. The van der Waals surface area contributed by atoms with E-state index in [1.807, 2.05) is 30.3 Å². The van der Waals surface area contributed by atoms with Gasteiger partial charge in [-0.1, -0.05) is 36.4 Å². The monoisotopic (exact) mass is 360 g/mol. The lowest BCUT2D eigenvalue weighted by Gasteiger charge is -2.16. The average molecular weight is 360 g/mol. The van der Waals surface area contributed by atoms with Crippen molar-refractivity contribution in [2.24, 2.45) is 0 Å². The van der Waals surface area contributed by atoms with Crippen LogP contribution in [0.3, 0.4) is 0 Å². The van der Waals surface area contributed by atoms with E-state index in [4.69, 9.17) is 9.47 Å². The third kappa shape index (κ3) is 4.20. The van der Waals surface area contributed by atoms with Crippen LogP contribution in [0.4, 0.5) is 0 Å².